The van der Waals surface area contributed by atoms with Crippen LogP contribution in [0.15, 0.2) is 42.5 Å². The van der Waals surface area contributed by atoms with Gasteiger partial charge in [-0.25, -0.2) is 0 Å². The standard InChI is InChI=1S/C17H19N3O3/c1-3-9-18-15-8-7-13(11-16(15)20(22)23)17(21)19-14-6-4-5-12(2)10-14/h4-8,10-11,18H,3,9H2,1-2H3,(H,19,21). The SMILES string of the molecule is CCCNc1ccc(C(=O)Nc2cccc(C)c2)cc1[N+](=O)[O-]. The summed E-state index contributed by atoms with van der Waals surface area (Å²) < 4.78 is 0. The molecule has 0 saturated heterocycles. The highest BCUT2D eigenvalue weighted by molar-refractivity contribution is 6.05. The molecule has 2 rings (SSSR count). The zero-order valence-corrected chi connectivity index (χ0v) is 13.1. The van der Waals surface area contributed by atoms with Crippen molar-refractivity contribution in [2.45, 2.75) is 20.3 Å². The Morgan fingerprint density at radius 2 is 2.00 bits per heavy atom. The highest BCUT2D eigenvalue weighted by Gasteiger charge is 2.17. The quantitative estimate of drug-likeness (QED) is 0.624. The number of hydrogen-bond donors (Lipinski definition) is 2. The number of nitro groups is 1. The van der Waals surface area contributed by atoms with Crippen molar-refractivity contribution in [1.29, 1.82) is 0 Å². The van der Waals surface area contributed by atoms with Crippen molar-refractivity contribution in [3.63, 3.8) is 0 Å². The Kier molecular flexibility index (Phi) is 5.30. The molecule has 0 saturated carbocycles. The smallest absolute Gasteiger partial charge is 0.293 e. The minimum Gasteiger partial charge on any atom is -0.380 e. The van der Waals surface area contributed by atoms with E-state index >= 15 is 0 Å². The molecule has 23 heavy (non-hydrogen) atoms. The molecule has 1 amide bonds. The maximum absolute atomic E-state index is 12.3. The second-order valence-corrected chi connectivity index (χ2v) is 5.24. The third kappa shape index (κ3) is 4.29. The molecule has 0 aliphatic rings. The van der Waals surface area contributed by atoms with Crippen LogP contribution in [-0.4, -0.2) is 17.4 Å². The van der Waals surface area contributed by atoms with Crippen molar-refractivity contribution in [2.75, 3.05) is 17.2 Å². The fourth-order valence-corrected chi connectivity index (χ4v) is 2.16. The second-order valence-electron chi connectivity index (χ2n) is 5.24. The molecular weight excluding hydrogens is 294 g/mol. The third-order valence-electron chi connectivity index (χ3n) is 3.30. The molecule has 0 aliphatic heterocycles. The molecule has 0 aromatic heterocycles. The largest absolute Gasteiger partial charge is 0.380 e. The Morgan fingerprint density at radius 1 is 1.22 bits per heavy atom. The summed E-state index contributed by atoms with van der Waals surface area (Å²) in [7, 11) is 0. The number of rotatable bonds is 6. The fraction of sp³-hybridized carbons (Fsp3) is 0.235. The van der Waals surface area contributed by atoms with Gasteiger partial charge in [0.05, 0.1) is 4.92 Å². The van der Waals surface area contributed by atoms with Crippen LogP contribution in [0.25, 0.3) is 0 Å². The predicted molar refractivity (Wildman–Crippen MR) is 91.0 cm³/mol. The Morgan fingerprint density at radius 3 is 2.65 bits per heavy atom. The fourth-order valence-electron chi connectivity index (χ4n) is 2.16. The average Bonchev–Trinajstić information content (AvgIpc) is 2.52. The van der Waals surface area contributed by atoms with E-state index in [1.807, 2.05) is 32.0 Å². The number of nitro benzene ring substituents is 1. The van der Waals surface area contributed by atoms with Gasteiger partial charge in [0, 0.05) is 23.9 Å². The van der Waals surface area contributed by atoms with Crippen LogP contribution in [0.4, 0.5) is 17.1 Å². The van der Waals surface area contributed by atoms with Crippen molar-refractivity contribution in [2.24, 2.45) is 0 Å². The molecule has 0 fully saturated rings. The van der Waals surface area contributed by atoms with Crippen LogP contribution in [0, 0.1) is 17.0 Å². The monoisotopic (exact) mass is 313 g/mol. The van der Waals surface area contributed by atoms with Gasteiger partial charge in [-0.05, 0) is 43.2 Å². The average molecular weight is 313 g/mol. The third-order valence-corrected chi connectivity index (χ3v) is 3.30. The lowest BCUT2D eigenvalue weighted by Gasteiger charge is -2.09. The Balaban J connectivity index is 2.23. The van der Waals surface area contributed by atoms with Gasteiger partial charge < -0.3 is 10.6 Å². The summed E-state index contributed by atoms with van der Waals surface area (Å²) in [5.41, 5.74) is 2.25. The Labute approximate surface area is 134 Å². The Bertz CT molecular complexity index is 729. The summed E-state index contributed by atoms with van der Waals surface area (Å²) in [6, 6.07) is 11.8. The van der Waals surface area contributed by atoms with Gasteiger partial charge in [-0.3, -0.25) is 14.9 Å². The van der Waals surface area contributed by atoms with Crippen LogP contribution in [0.3, 0.4) is 0 Å². The van der Waals surface area contributed by atoms with Gasteiger partial charge in [0.15, 0.2) is 0 Å². The van der Waals surface area contributed by atoms with E-state index in [-0.39, 0.29) is 17.2 Å². The van der Waals surface area contributed by atoms with E-state index in [2.05, 4.69) is 10.6 Å². The van der Waals surface area contributed by atoms with Gasteiger partial charge in [0.1, 0.15) is 5.69 Å². The van der Waals surface area contributed by atoms with E-state index in [0.29, 0.717) is 17.9 Å². The molecule has 0 radical (unpaired) electrons. The lowest BCUT2D eigenvalue weighted by Crippen LogP contribution is -2.13. The topological polar surface area (TPSA) is 84.3 Å². The number of carbonyl (C=O) groups excluding carboxylic acids is 1. The van der Waals surface area contributed by atoms with E-state index in [0.717, 1.165) is 12.0 Å². The number of nitrogens with zero attached hydrogens (tertiary/aromatic N) is 1. The lowest BCUT2D eigenvalue weighted by atomic mass is 10.1. The first-order chi connectivity index (χ1) is 11.0. The molecule has 0 spiro atoms. The lowest BCUT2D eigenvalue weighted by molar-refractivity contribution is -0.384. The predicted octanol–water partition coefficient (Wildman–Crippen LogP) is 3.98. The summed E-state index contributed by atoms with van der Waals surface area (Å²) in [6.07, 6.45) is 0.854. The minimum atomic E-state index is -0.485. The molecule has 0 atom stereocenters. The molecule has 0 bridgehead atoms. The summed E-state index contributed by atoms with van der Waals surface area (Å²) in [6.45, 7) is 4.53. The minimum absolute atomic E-state index is 0.102. The van der Waals surface area contributed by atoms with Crippen molar-refractivity contribution in [3.05, 3.63) is 63.7 Å². The zero-order valence-electron chi connectivity index (χ0n) is 13.1. The number of hydrogen-bond acceptors (Lipinski definition) is 4. The van der Waals surface area contributed by atoms with E-state index < -0.39 is 4.92 Å². The van der Waals surface area contributed by atoms with Crippen molar-refractivity contribution < 1.29 is 9.72 Å². The van der Waals surface area contributed by atoms with Crippen molar-refractivity contribution in [3.8, 4) is 0 Å². The van der Waals surface area contributed by atoms with Crippen LogP contribution in [0.2, 0.25) is 0 Å². The van der Waals surface area contributed by atoms with Gasteiger partial charge in [-0.15, -0.1) is 0 Å². The van der Waals surface area contributed by atoms with Crippen molar-refractivity contribution >= 4 is 23.0 Å². The normalized spacial score (nSPS) is 10.2. The molecule has 0 heterocycles. The highest BCUT2D eigenvalue weighted by atomic mass is 16.6. The van der Waals surface area contributed by atoms with Crippen molar-refractivity contribution in [1.82, 2.24) is 0 Å². The van der Waals surface area contributed by atoms with E-state index in [1.54, 1.807) is 18.2 Å². The summed E-state index contributed by atoms with van der Waals surface area (Å²) in [5, 5.41) is 16.9. The first-order valence-electron chi connectivity index (χ1n) is 7.41. The van der Waals surface area contributed by atoms with Crippen LogP contribution >= 0.6 is 0 Å². The van der Waals surface area contributed by atoms with Crippen LogP contribution in [-0.2, 0) is 0 Å². The number of nitrogens with one attached hydrogen (secondary N) is 2. The molecule has 2 aromatic carbocycles. The molecule has 6 heteroatoms. The molecular formula is C17H19N3O3. The van der Waals surface area contributed by atoms with Gasteiger partial charge in [0.2, 0.25) is 0 Å². The maximum atomic E-state index is 12.3. The summed E-state index contributed by atoms with van der Waals surface area (Å²) in [5.74, 6) is -0.374. The number of amides is 1. The number of benzene rings is 2. The first kappa shape index (κ1) is 16.5. The number of aryl methyl sites for hydroxylation is 1. The van der Waals surface area contributed by atoms with Crippen LogP contribution in [0.5, 0.6) is 0 Å². The van der Waals surface area contributed by atoms with Gasteiger partial charge in [0.25, 0.3) is 11.6 Å². The summed E-state index contributed by atoms with van der Waals surface area (Å²) >= 11 is 0. The maximum Gasteiger partial charge on any atom is 0.293 e. The molecule has 2 aromatic rings. The van der Waals surface area contributed by atoms with E-state index in [1.165, 1.54) is 6.07 Å². The van der Waals surface area contributed by atoms with Crippen LogP contribution < -0.4 is 10.6 Å². The molecule has 0 unspecified atom stereocenters. The summed E-state index contributed by atoms with van der Waals surface area (Å²) in [4.78, 5) is 23.0. The van der Waals surface area contributed by atoms with Gasteiger partial charge in [-0.1, -0.05) is 19.1 Å². The molecule has 2 N–H and O–H groups in total. The molecule has 0 aliphatic carbocycles. The highest BCUT2D eigenvalue weighted by Crippen LogP contribution is 2.26. The van der Waals surface area contributed by atoms with Gasteiger partial charge in [-0.2, -0.15) is 0 Å². The van der Waals surface area contributed by atoms with Gasteiger partial charge >= 0.3 is 0 Å². The van der Waals surface area contributed by atoms with Crippen LogP contribution in [0.1, 0.15) is 29.3 Å². The number of anilines is 2. The zero-order chi connectivity index (χ0) is 16.8. The Hall–Kier alpha value is -2.89. The second kappa shape index (κ2) is 7.40. The first-order valence-corrected chi connectivity index (χ1v) is 7.41. The van der Waals surface area contributed by atoms with E-state index in [4.69, 9.17) is 0 Å². The van der Waals surface area contributed by atoms with E-state index in [9.17, 15) is 14.9 Å². The molecule has 6 nitrogen and oxygen atoms in total. The molecule has 120 valence electrons. The number of carbonyl (C=O) groups is 1.